The van der Waals surface area contributed by atoms with Gasteiger partial charge < -0.3 is 16.4 Å². The molecule has 0 saturated carbocycles. The van der Waals surface area contributed by atoms with E-state index < -0.39 is 0 Å². The number of nitrogens with zero attached hydrogens (tertiary/aromatic N) is 1. The molecule has 19 heavy (non-hydrogen) atoms. The summed E-state index contributed by atoms with van der Waals surface area (Å²) < 4.78 is 0. The summed E-state index contributed by atoms with van der Waals surface area (Å²) in [5, 5.41) is 6.55. The maximum Gasteiger partial charge on any atom is 0.266 e. The van der Waals surface area contributed by atoms with Gasteiger partial charge in [-0.2, -0.15) is 0 Å². The van der Waals surface area contributed by atoms with Gasteiger partial charge >= 0.3 is 0 Å². The van der Waals surface area contributed by atoms with Crippen LogP contribution in [0.25, 0.3) is 0 Å². The van der Waals surface area contributed by atoms with Crippen LogP contribution in [0.5, 0.6) is 0 Å². The molecule has 4 N–H and O–H groups in total. The van der Waals surface area contributed by atoms with Crippen molar-refractivity contribution in [1.82, 2.24) is 10.3 Å². The lowest BCUT2D eigenvalue weighted by Gasteiger charge is -2.19. The Bertz CT molecular complexity index is 496. The molecule has 0 aromatic carbocycles. The van der Waals surface area contributed by atoms with E-state index in [0.717, 1.165) is 0 Å². The smallest absolute Gasteiger partial charge is 0.266 e. The number of rotatable bonds is 4. The number of nitrogens with two attached hydrogens (primary N) is 1. The molecule has 104 valence electrons. The molecule has 1 atom stereocenters. The first-order valence-electron chi connectivity index (χ1n) is 6.08. The number of nitrogen functional groups attached to an aromatic ring is 1. The van der Waals surface area contributed by atoms with Crippen molar-refractivity contribution in [2.24, 2.45) is 0 Å². The van der Waals surface area contributed by atoms with E-state index in [1.54, 1.807) is 0 Å². The number of terminal acetylenes is 1. The first-order chi connectivity index (χ1) is 8.76. The van der Waals surface area contributed by atoms with E-state index in [4.69, 9.17) is 12.2 Å². The monoisotopic (exact) mass is 280 g/mol. The van der Waals surface area contributed by atoms with Gasteiger partial charge in [0.05, 0.1) is 6.04 Å². The maximum absolute atomic E-state index is 12.0. The van der Waals surface area contributed by atoms with Crippen molar-refractivity contribution >= 4 is 28.2 Å². The van der Waals surface area contributed by atoms with Crippen LogP contribution in [-0.2, 0) is 0 Å². The van der Waals surface area contributed by atoms with E-state index in [1.807, 2.05) is 27.7 Å². The number of anilines is 2. The second kappa shape index (κ2) is 5.93. The zero-order chi connectivity index (χ0) is 14.6. The molecule has 0 aliphatic rings. The van der Waals surface area contributed by atoms with Gasteiger partial charge in [-0.15, -0.1) is 6.42 Å². The van der Waals surface area contributed by atoms with Gasteiger partial charge in [-0.05, 0) is 27.2 Å². The van der Waals surface area contributed by atoms with Gasteiger partial charge in [-0.1, -0.05) is 24.2 Å². The van der Waals surface area contributed by atoms with E-state index in [2.05, 4.69) is 21.5 Å². The number of hydrogen-bond donors (Lipinski definition) is 3. The maximum atomic E-state index is 12.0. The van der Waals surface area contributed by atoms with E-state index in [-0.39, 0.29) is 23.3 Å². The number of hydrogen-bond acceptors (Lipinski definition) is 5. The number of amides is 1. The molecule has 0 radical (unpaired) electrons. The summed E-state index contributed by atoms with van der Waals surface area (Å²) in [5.74, 6) is 2.46. The van der Waals surface area contributed by atoms with Crippen LogP contribution in [-0.4, -0.2) is 22.5 Å². The van der Waals surface area contributed by atoms with E-state index >= 15 is 0 Å². The standard InChI is InChI=1S/C13H20N4OS/c1-6-8(7-2)15-11(18)9-10(14)16-12(19-9)17-13(3,4)5/h1,8H,7,14H2,2-5H3,(H,15,18)(H,16,17). The van der Waals surface area contributed by atoms with Gasteiger partial charge in [0.1, 0.15) is 10.7 Å². The van der Waals surface area contributed by atoms with Gasteiger partial charge in [0.2, 0.25) is 0 Å². The van der Waals surface area contributed by atoms with Crippen molar-refractivity contribution in [2.75, 3.05) is 11.1 Å². The first-order valence-corrected chi connectivity index (χ1v) is 6.90. The second-order valence-corrected chi connectivity index (χ2v) is 6.21. The zero-order valence-electron chi connectivity index (χ0n) is 11.7. The molecule has 1 amide bonds. The molecule has 0 aliphatic heterocycles. The highest BCUT2D eigenvalue weighted by Gasteiger charge is 2.20. The van der Waals surface area contributed by atoms with Crippen LogP contribution in [0, 0.1) is 12.3 Å². The zero-order valence-corrected chi connectivity index (χ0v) is 12.5. The van der Waals surface area contributed by atoms with Crippen LogP contribution >= 0.6 is 11.3 Å². The Balaban J connectivity index is 2.85. The Kier molecular flexibility index (Phi) is 4.78. The summed E-state index contributed by atoms with van der Waals surface area (Å²) in [6.07, 6.45) is 5.99. The van der Waals surface area contributed by atoms with Crippen LogP contribution in [0.1, 0.15) is 43.8 Å². The summed E-state index contributed by atoms with van der Waals surface area (Å²) in [7, 11) is 0. The van der Waals surface area contributed by atoms with Crippen molar-refractivity contribution in [3.05, 3.63) is 4.88 Å². The van der Waals surface area contributed by atoms with Gasteiger partial charge in [-0.3, -0.25) is 4.79 Å². The predicted molar refractivity (Wildman–Crippen MR) is 80.3 cm³/mol. The molecule has 1 heterocycles. The minimum atomic E-state index is -0.284. The number of carbonyl (C=O) groups excluding carboxylic acids is 1. The summed E-state index contributed by atoms with van der Waals surface area (Å²) >= 11 is 1.23. The lowest BCUT2D eigenvalue weighted by molar-refractivity contribution is 0.0950. The lowest BCUT2D eigenvalue weighted by Crippen LogP contribution is -2.33. The summed E-state index contributed by atoms with van der Waals surface area (Å²) in [6.45, 7) is 7.94. The lowest BCUT2D eigenvalue weighted by atomic mass is 10.1. The third kappa shape index (κ3) is 4.45. The Morgan fingerprint density at radius 1 is 1.58 bits per heavy atom. The van der Waals surface area contributed by atoms with Crippen LogP contribution < -0.4 is 16.4 Å². The fourth-order valence-electron chi connectivity index (χ4n) is 1.35. The van der Waals surface area contributed by atoms with Gasteiger partial charge in [0, 0.05) is 5.54 Å². The first kappa shape index (κ1) is 15.3. The minimum Gasteiger partial charge on any atom is -0.382 e. The van der Waals surface area contributed by atoms with Crippen LogP contribution in [0.2, 0.25) is 0 Å². The molecule has 0 aliphatic carbocycles. The van der Waals surface area contributed by atoms with Gasteiger partial charge in [0.15, 0.2) is 5.13 Å². The number of carbonyl (C=O) groups is 1. The number of nitrogens with one attached hydrogen (secondary N) is 2. The Labute approximate surface area is 118 Å². The highest BCUT2D eigenvalue weighted by Crippen LogP contribution is 2.27. The highest BCUT2D eigenvalue weighted by atomic mass is 32.1. The number of aromatic nitrogens is 1. The molecule has 1 aromatic rings. The van der Waals surface area contributed by atoms with Gasteiger partial charge in [0.25, 0.3) is 5.91 Å². The topological polar surface area (TPSA) is 80.0 Å². The molecule has 6 heteroatoms. The molecule has 0 fully saturated rings. The van der Waals surface area contributed by atoms with E-state index in [1.165, 1.54) is 11.3 Å². The van der Waals surface area contributed by atoms with Gasteiger partial charge in [-0.25, -0.2) is 4.98 Å². The minimum absolute atomic E-state index is 0.136. The van der Waals surface area contributed by atoms with Crippen LogP contribution in [0.4, 0.5) is 10.9 Å². The summed E-state index contributed by atoms with van der Waals surface area (Å²) in [5.41, 5.74) is 5.63. The fourth-order valence-corrected chi connectivity index (χ4v) is 2.35. The third-order valence-electron chi connectivity index (χ3n) is 2.26. The Morgan fingerprint density at radius 3 is 2.68 bits per heavy atom. The summed E-state index contributed by atoms with van der Waals surface area (Å²) in [6, 6.07) is -0.284. The van der Waals surface area contributed by atoms with E-state index in [9.17, 15) is 4.79 Å². The van der Waals surface area contributed by atoms with Crippen molar-refractivity contribution in [3.63, 3.8) is 0 Å². The molecular weight excluding hydrogens is 260 g/mol. The molecule has 0 spiro atoms. The second-order valence-electron chi connectivity index (χ2n) is 5.21. The molecular formula is C13H20N4OS. The molecule has 1 rings (SSSR count). The fraction of sp³-hybridized carbons (Fsp3) is 0.538. The number of thiazole rings is 1. The van der Waals surface area contributed by atoms with E-state index in [0.29, 0.717) is 16.4 Å². The largest absolute Gasteiger partial charge is 0.382 e. The Morgan fingerprint density at radius 2 is 2.21 bits per heavy atom. The quantitative estimate of drug-likeness (QED) is 0.738. The summed E-state index contributed by atoms with van der Waals surface area (Å²) in [4.78, 5) is 16.6. The molecule has 1 aromatic heterocycles. The molecule has 0 saturated heterocycles. The van der Waals surface area contributed by atoms with Crippen LogP contribution in [0.3, 0.4) is 0 Å². The van der Waals surface area contributed by atoms with Crippen molar-refractivity contribution in [3.8, 4) is 12.3 Å². The average Bonchev–Trinajstić information content (AvgIpc) is 2.64. The SMILES string of the molecule is C#CC(CC)NC(=O)c1sc(NC(C)(C)C)nc1N. The third-order valence-corrected chi connectivity index (χ3v) is 3.24. The molecule has 0 bridgehead atoms. The predicted octanol–water partition coefficient (Wildman–Crippen LogP) is 2.08. The van der Waals surface area contributed by atoms with Crippen molar-refractivity contribution < 1.29 is 4.79 Å². The van der Waals surface area contributed by atoms with Crippen molar-refractivity contribution in [1.29, 1.82) is 0 Å². The normalized spacial score (nSPS) is 12.6. The van der Waals surface area contributed by atoms with Crippen molar-refractivity contribution in [2.45, 2.75) is 45.7 Å². The highest BCUT2D eigenvalue weighted by molar-refractivity contribution is 7.18. The van der Waals surface area contributed by atoms with Crippen LogP contribution in [0.15, 0.2) is 0 Å². The molecule has 1 unspecified atom stereocenters. The average molecular weight is 280 g/mol. The Hall–Kier alpha value is -1.74. The molecule has 5 nitrogen and oxygen atoms in total.